The third-order valence-electron chi connectivity index (χ3n) is 4.50. The Morgan fingerprint density at radius 2 is 1.82 bits per heavy atom. The molecule has 2 aromatic carbocycles. The Morgan fingerprint density at radius 1 is 1.04 bits per heavy atom. The maximum atomic E-state index is 12.3. The van der Waals surface area contributed by atoms with Crippen molar-refractivity contribution in [1.29, 1.82) is 0 Å². The van der Waals surface area contributed by atoms with Crippen LogP contribution in [0.25, 0.3) is 28.1 Å². The molecule has 0 aliphatic heterocycles. The van der Waals surface area contributed by atoms with Gasteiger partial charge in [0, 0.05) is 23.5 Å². The summed E-state index contributed by atoms with van der Waals surface area (Å²) in [5.41, 5.74) is 2.67. The van der Waals surface area contributed by atoms with Gasteiger partial charge < -0.3 is 4.98 Å². The van der Waals surface area contributed by atoms with Gasteiger partial charge in [0.15, 0.2) is 9.84 Å². The van der Waals surface area contributed by atoms with E-state index in [2.05, 4.69) is 9.97 Å². The van der Waals surface area contributed by atoms with Gasteiger partial charge in [0.05, 0.1) is 21.7 Å². The van der Waals surface area contributed by atoms with E-state index >= 15 is 0 Å². The highest BCUT2D eigenvalue weighted by molar-refractivity contribution is 7.91. The number of sulfone groups is 1. The normalized spacial score (nSPS) is 11.8. The van der Waals surface area contributed by atoms with E-state index in [-0.39, 0.29) is 16.2 Å². The van der Waals surface area contributed by atoms with Crippen molar-refractivity contribution in [2.75, 3.05) is 5.75 Å². The molecule has 142 valence electrons. The topological polar surface area (TPSA) is 84.8 Å². The first kappa shape index (κ1) is 18.2. The summed E-state index contributed by atoms with van der Waals surface area (Å²) in [5, 5.41) is 0. The van der Waals surface area contributed by atoms with E-state index < -0.39 is 9.84 Å². The van der Waals surface area contributed by atoms with E-state index in [9.17, 15) is 13.2 Å². The van der Waals surface area contributed by atoms with Gasteiger partial charge in [-0.05, 0) is 42.8 Å². The molecule has 0 bridgehead atoms. The number of aromatic nitrogens is 3. The van der Waals surface area contributed by atoms with Crippen LogP contribution in [0, 0.1) is 0 Å². The second kappa shape index (κ2) is 7.09. The molecule has 0 saturated carbocycles. The minimum Gasteiger partial charge on any atom is -0.338 e. The number of H-pyrrole nitrogens is 1. The standard InChI is InChI=1S/C21H19N3O3S/c1-2-12-28(26,27)17-9-10-18-19(13-17)23-21(22-18)15-8-11-20(25)24(14-15)16-6-4-3-5-7-16/h3-11,13-14H,2,12H2,1H3,(H,22,23). The van der Waals surface area contributed by atoms with Crippen molar-refractivity contribution < 1.29 is 8.42 Å². The summed E-state index contributed by atoms with van der Waals surface area (Å²) in [5.74, 6) is 0.686. The largest absolute Gasteiger partial charge is 0.338 e. The van der Waals surface area contributed by atoms with Gasteiger partial charge in [-0.15, -0.1) is 0 Å². The Morgan fingerprint density at radius 3 is 2.57 bits per heavy atom. The fourth-order valence-electron chi connectivity index (χ4n) is 3.12. The molecule has 0 spiro atoms. The van der Waals surface area contributed by atoms with Gasteiger partial charge in [-0.1, -0.05) is 25.1 Å². The van der Waals surface area contributed by atoms with Crippen LogP contribution in [0.3, 0.4) is 0 Å². The van der Waals surface area contributed by atoms with Gasteiger partial charge in [0.25, 0.3) is 5.56 Å². The van der Waals surface area contributed by atoms with E-state index in [0.717, 1.165) is 11.3 Å². The van der Waals surface area contributed by atoms with Crippen molar-refractivity contribution in [3.8, 4) is 17.1 Å². The molecule has 0 saturated heterocycles. The van der Waals surface area contributed by atoms with E-state index in [1.165, 1.54) is 6.07 Å². The molecule has 1 N–H and O–H groups in total. The van der Waals surface area contributed by atoms with Crippen molar-refractivity contribution in [3.05, 3.63) is 77.2 Å². The number of para-hydroxylation sites is 1. The molecule has 0 fully saturated rings. The van der Waals surface area contributed by atoms with Crippen molar-refractivity contribution in [3.63, 3.8) is 0 Å². The summed E-state index contributed by atoms with van der Waals surface area (Å²) in [6, 6.07) is 17.4. The molecule has 4 aromatic rings. The first-order valence-corrected chi connectivity index (χ1v) is 10.6. The lowest BCUT2D eigenvalue weighted by Gasteiger charge is -2.06. The Balaban J connectivity index is 1.79. The van der Waals surface area contributed by atoms with Gasteiger partial charge in [-0.25, -0.2) is 13.4 Å². The van der Waals surface area contributed by atoms with E-state index in [1.807, 2.05) is 37.3 Å². The zero-order chi connectivity index (χ0) is 19.7. The molecule has 7 heteroatoms. The lowest BCUT2D eigenvalue weighted by atomic mass is 10.2. The highest BCUT2D eigenvalue weighted by atomic mass is 32.2. The SMILES string of the molecule is CCCS(=O)(=O)c1ccc2nc(-c3ccc(=O)n(-c4ccccc4)c3)[nH]c2c1. The van der Waals surface area contributed by atoms with Gasteiger partial charge in [0.2, 0.25) is 0 Å². The molecule has 28 heavy (non-hydrogen) atoms. The molecule has 6 nitrogen and oxygen atoms in total. The lowest BCUT2D eigenvalue weighted by molar-refractivity contribution is 0.595. The van der Waals surface area contributed by atoms with E-state index in [1.54, 1.807) is 35.0 Å². The number of imidazole rings is 1. The van der Waals surface area contributed by atoms with Crippen molar-refractivity contribution >= 4 is 20.9 Å². The highest BCUT2D eigenvalue weighted by Gasteiger charge is 2.15. The first-order chi connectivity index (χ1) is 13.5. The maximum Gasteiger partial charge on any atom is 0.255 e. The van der Waals surface area contributed by atoms with Crippen molar-refractivity contribution in [1.82, 2.24) is 14.5 Å². The number of rotatable bonds is 5. The van der Waals surface area contributed by atoms with E-state index in [4.69, 9.17) is 0 Å². The monoisotopic (exact) mass is 393 g/mol. The first-order valence-electron chi connectivity index (χ1n) is 8.99. The van der Waals surface area contributed by atoms with Crippen LogP contribution in [-0.2, 0) is 9.84 Å². The Labute approximate surface area is 162 Å². The second-order valence-corrected chi connectivity index (χ2v) is 8.65. The average molecular weight is 393 g/mol. The van der Waals surface area contributed by atoms with Crippen LogP contribution in [0.1, 0.15) is 13.3 Å². The van der Waals surface area contributed by atoms with Crippen LogP contribution in [-0.4, -0.2) is 28.7 Å². The lowest BCUT2D eigenvalue weighted by Crippen LogP contribution is -2.16. The highest BCUT2D eigenvalue weighted by Crippen LogP contribution is 2.23. The number of pyridine rings is 1. The predicted molar refractivity (Wildman–Crippen MR) is 109 cm³/mol. The number of fused-ring (bicyclic) bond motifs is 1. The molecule has 0 aliphatic rings. The zero-order valence-corrected chi connectivity index (χ0v) is 16.1. The quantitative estimate of drug-likeness (QED) is 0.562. The molecular weight excluding hydrogens is 374 g/mol. The summed E-state index contributed by atoms with van der Waals surface area (Å²) in [6.07, 6.45) is 2.29. The average Bonchev–Trinajstić information content (AvgIpc) is 3.12. The van der Waals surface area contributed by atoms with Gasteiger partial charge in [0.1, 0.15) is 5.82 Å². The third-order valence-corrected chi connectivity index (χ3v) is 6.42. The summed E-state index contributed by atoms with van der Waals surface area (Å²) < 4.78 is 26.2. The fraction of sp³-hybridized carbons (Fsp3) is 0.143. The van der Waals surface area contributed by atoms with Crippen LogP contribution in [0.2, 0.25) is 0 Å². The molecule has 0 radical (unpaired) electrons. The van der Waals surface area contributed by atoms with E-state index in [0.29, 0.717) is 23.3 Å². The minimum atomic E-state index is -3.30. The van der Waals surface area contributed by atoms with Gasteiger partial charge in [-0.3, -0.25) is 9.36 Å². The maximum absolute atomic E-state index is 12.3. The number of aromatic amines is 1. The molecule has 2 heterocycles. The molecule has 0 unspecified atom stereocenters. The summed E-state index contributed by atoms with van der Waals surface area (Å²) in [4.78, 5) is 20.3. The van der Waals surface area contributed by atoms with Crippen LogP contribution in [0.15, 0.2) is 76.6 Å². The summed E-state index contributed by atoms with van der Waals surface area (Å²) >= 11 is 0. The van der Waals surface area contributed by atoms with Crippen LogP contribution >= 0.6 is 0 Å². The Hall–Kier alpha value is -3.19. The predicted octanol–water partition coefficient (Wildman–Crippen LogP) is 3.56. The van der Waals surface area contributed by atoms with Crippen LogP contribution in [0.4, 0.5) is 0 Å². The van der Waals surface area contributed by atoms with Gasteiger partial charge >= 0.3 is 0 Å². The molecule has 0 amide bonds. The Bertz CT molecular complexity index is 1310. The van der Waals surface area contributed by atoms with Crippen LogP contribution in [0.5, 0.6) is 0 Å². The minimum absolute atomic E-state index is 0.113. The smallest absolute Gasteiger partial charge is 0.255 e. The number of hydrogen-bond acceptors (Lipinski definition) is 4. The fourth-order valence-corrected chi connectivity index (χ4v) is 4.47. The van der Waals surface area contributed by atoms with Gasteiger partial charge in [-0.2, -0.15) is 0 Å². The molecule has 0 aliphatic carbocycles. The zero-order valence-electron chi connectivity index (χ0n) is 15.3. The number of benzene rings is 2. The summed E-state index contributed by atoms with van der Waals surface area (Å²) in [6.45, 7) is 1.84. The van der Waals surface area contributed by atoms with Crippen LogP contribution < -0.4 is 5.56 Å². The second-order valence-electron chi connectivity index (χ2n) is 6.54. The van der Waals surface area contributed by atoms with Crippen molar-refractivity contribution in [2.24, 2.45) is 0 Å². The molecule has 2 aromatic heterocycles. The third kappa shape index (κ3) is 3.36. The number of hydrogen-bond donors (Lipinski definition) is 1. The number of nitrogens with one attached hydrogen (secondary N) is 1. The molecule has 0 atom stereocenters. The molecular formula is C21H19N3O3S. The summed E-state index contributed by atoms with van der Waals surface area (Å²) in [7, 11) is -3.30. The Kier molecular flexibility index (Phi) is 4.60. The molecule has 4 rings (SSSR count). The number of nitrogens with zero attached hydrogens (tertiary/aromatic N) is 2. The van der Waals surface area contributed by atoms with Crippen molar-refractivity contribution in [2.45, 2.75) is 18.2 Å².